The van der Waals surface area contributed by atoms with Crippen molar-refractivity contribution in [2.45, 2.75) is 19.0 Å². The zero-order valence-corrected chi connectivity index (χ0v) is 17.3. The summed E-state index contributed by atoms with van der Waals surface area (Å²) in [6, 6.07) is 16.9. The van der Waals surface area contributed by atoms with E-state index in [4.69, 9.17) is 4.52 Å². The van der Waals surface area contributed by atoms with Crippen molar-refractivity contribution in [1.82, 2.24) is 14.7 Å². The van der Waals surface area contributed by atoms with Crippen molar-refractivity contribution in [3.8, 4) is 11.4 Å². The molecule has 1 atom stereocenters. The first-order valence-electron chi connectivity index (χ1n) is 9.29. The Kier molecular flexibility index (Phi) is 4.89. The Hall–Kier alpha value is -3.30. The number of amides is 1. The van der Waals surface area contributed by atoms with E-state index in [-0.39, 0.29) is 18.5 Å². The molecule has 1 amide bonds. The summed E-state index contributed by atoms with van der Waals surface area (Å²) in [6.07, 6.45) is 0.636. The lowest BCUT2D eigenvalue weighted by Gasteiger charge is -2.20. The fourth-order valence-electron chi connectivity index (χ4n) is 3.44. The van der Waals surface area contributed by atoms with Crippen molar-refractivity contribution in [2.24, 2.45) is 5.10 Å². The number of aromatic nitrogens is 2. The smallest absolute Gasteiger partial charge is 0.295 e. The van der Waals surface area contributed by atoms with Crippen LogP contribution in [0.1, 0.15) is 22.2 Å². The first kappa shape index (κ1) is 18.7. The molecule has 5 rings (SSSR count). The van der Waals surface area contributed by atoms with E-state index in [1.807, 2.05) is 65.4 Å². The largest absolute Gasteiger partial charge is 0.442 e. The van der Waals surface area contributed by atoms with Crippen LogP contribution < -0.4 is 5.76 Å². The topological polar surface area (TPSA) is 80.7 Å². The molecular weight excluding hydrogens is 420 g/mol. The second-order valence-electron chi connectivity index (χ2n) is 6.72. The summed E-state index contributed by atoms with van der Waals surface area (Å²) < 4.78 is 6.10. The maximum Gasteiger partial charge on any atom is 0.442 e. The zero-order chi connectivity index (χ0) is 20.5. The van der Waals surface area contributed by atoms with Crippen LogP contribution in [0.4, 0.5) is 0 Å². The Labute approximate surface area is 179 Å². The molecule has 30 heavy (non-hydrogen) atoms. The monoisotopic (exact) mass is 436 g/mol. The molecule has 4 aromatic rings. The summed E-state index contributed by atoms with van der Waals surface area (Å²) in [4.78, 5) is 27.6. The van der Waals surface area contributed by atoms with Gasteiger partial charge >= 0.3 is 5.76 Å². The molecule has 1 aliphatic rings. The second-order valence-corrected chi connectivity index (χ2v) is 8.65. The van der Waals surface area contributed by atoms with Crippen LogP contribution >= 0.6 is 22.7 Å². The average molecular weight is 437 g/mol. The zero-order valence-electron chi connectivity index (χ0n) is 15.7. The SMILES string of the molecule is O=C(Cn1c(-c2ccccc2)noc1=O)N1N=C(c2cccs2)CC1c1cccs1. The second kappa shape index (κ2) is 7.85. The van der Waals surface area contributed by atoms with Gasteiger partial charge in [0.2, 0.25) is 0 Å². The minimum atomic E-state index is -0.670. The number of rotatable bonds is 5. The normalized spacial score (nSPS) is 16.1. The van der Waals surface area contributed by atoms with Gasteiger partial charge in [0.05, 0.1) is 16.6 Å². The fraction of sp³-hybridized carbons (Fsp3) is 0.143. The number of hydrogen-bond donors (Lipinski definition) is 0. The van der Waals surface area contributed by atoms with Crippen LogP contribution in [0.3, 0.4) is 0 Å². The molecule has 0 N–H and O–H groups in total. The first-order chi connectivity index (χ1) is 14.7. The summed E-state index contributed by atoms with van der Waals surface area (Å²) in [5, 5.41) is 14.0. The van der Waals surface area contributed by atoms with E-state index in [9.17, 15) is 9.59 Å². The lowest BCUT2D eigenvalue weighted by molar-refractivity contribution is -0.133. The summed E-state index contributed by atoms with van der Waals surface area (Å²) in [5.41, 5.74) is 1.58. The molecule has 0 saturated heterocycles. The van der Waals surface area contributed by atoms with E-state index in [1.165, 1.54) is 9.58 Å². The maximum atomic E-state index is 13.3. The van der Waals surface area contributed by atoms with E-state index in [2.05, 4.69) is 10.3 Å². The number of carbonyl (C=O) groups excluding carboxylic acids is 1. The molecule has 0 bridgehead atoms. The molecule has 7 nitrogen and oxygen atoms in total. The van der Waals surface area contributed by atoms with Gasteiger partial charge in [0.15, 0.2) is 5.82 Å². The van der Waals surface area contributed by atoms with Crippen LogP contribution in [-0.2, 0) is 11.3 Å². The third-order valence-corrected chi connectivity index (χ3v) is 6.75. The highest BCUT2D eigenvalue weighted by Gasteiger charge is 2.34. The van der Waals surface area contributed by atoms with E-state index in [0.717, 1.165) is 15.5 Å². The average Bonchev–Trinajstić information content (AvgIpc) is 3.55. The Morgan fingerprint density at radius 1 is 1.07 bits per heavy atom. The molecule has 1 unspecified atom stereocenters. The molecule has 9 heteroatoms. The van der Waals surface area contributed by atoms with E-state index in [1.54, 1.807) is 22.7 Å². The molecule has 3 aromatic heterocycles. The van der Waals surface area contributed by atoms with Crippen LogP contribution in [0.5, 0.6) is 0 Å². The minimum Gasteiger partial charge on any atom is -0.295 e. The lowest BCUT2D eigenvalue weighted by Crippen LogP contribution is -2.32. The Balaban J connectivity index is 1.48. The van der Waals surface area contributed by atoms with E-state index >= 15 is 0 Å². The predicted octanol–water partition coefficient (Wildman–Crippen LogP) is 4.00. The number of nitrogens with zero attached hydrogens (tertiary/aromatic N) is 4. The van der Waals surface area contributed by atoms with E-state index < -0.39 is 5.76 Å². The van der Waals surface area contributed by atoms with Crippen LogP contribution in [-0.4, -0.2) is 26.4 Å². The summed E-state index contributed by atoms with van der Waals surface area (Å²) >= 11 is 3.18. The molecule has 0 saturated carbocycles. The van der Waals surface area contributed by atoms with Gasteiger partial charge in [-0.05, 0) is 22.9 Å². The highest BCUT2D eigenvalue weighted by atomic mass is 32.1. The van der Waals surface area contributed by atoms with Crippen molar-refractivity contribution >= 4 is 34.3 Å². The third kappa shape index (κ3) is 3.42. The molecule has 0 radical (unpaired) electrons. The standard InChI is InChI=1S/C21H16N4O3S2/c26-19(13-24-20(23-28-21(24)27)14-6-2-1-3-7-14)25-16(18-9-5-11-30-18)12-15(22-25)17-8-4-10-29-17/h1-11,16H,12-13H2. The Morgan fingerprint density at radius 2 is 1.87 bits per heavy atom. The van der Waals surface area contributed by atoms with Crippen LogP contribution in [0.15, 0.2) is 79.8 Å². The highest BCUT2D eigenvalue weighted by Crippen LogP contribution is 2.36. The van der Waals surface area contributed by atoms with Crippen molar-refractivity contribution < 1.29 is 9.32 Å². The predicted molar refractivity (Wildman–Crippen MR) is 116 cm³/mol. The van der Waals surface area contributed by atoms with Gasteiger partial charge in [0, 0.05) is 16.9 Å². The van der Waals surface area contributed by atoms with Gasteiger partial charge in [0.25, 0.3) is 5.91 Å². The van der Waals surface area contributed by atoms with Gasteiger partial charge in [0.1, 0.15) is 6.54 Å². The molecule has 0 aliphatic carbocycles. The van der Waals surface area contributed by atoms with Crippen molar-refractivity contribution in [3.63, 3.8) is 0 Å². The molecule has 0 spiro atoms. The van der Waals surface area contributed by atoms with Gasteiger partial charge in [-0.2, -0.15) is 5.10 Å². The van der Waals surface area contributed by atoms with Crippen LogP contribution in [0.25, 0.3) is 11.4 Å². The highest BCUT2D eigenvalue weighted by molar-refractivity contribution is 7.12. The van der Waals surface area contributed by atoms with Crippen molar-refractivity contribution in [1.29, 1.82) is 0 Å². The number of hydrazone groups is 1. The molecule has 0 fully saturated rings. The molecule has 150 valence electrons. The number of benzene rings is 1. The number of carbonyl (C=O) groups is 1. The van der Waals surface area contributed by atoms with Crippen LogP contribution in [0.2, 0.25) is 0 Å². The number of hydrogen-bond acceptors (Lipinski definition) is 7. The van der Waals surface area contributed by atoms with Crippen LogP contribution in [0, 0.1) is 0 Å². The summed E-state index contributed by atoms with van der Waals surface area (Å²) in [7, 11) is 0. The van der Waals surface area contributed by atoms with Gasteiger partial charge in [-0.1, -0.05) is 47.6 Å². The van der Waals surface area contributed by atoms with Crippen molar-refractivity contribution in [3.05, 3.63) is 85.7 Å². The van der Waals surface area contributed by atoms with Crippen molar-refractivity contribution in [2.75, 3.05) is 0 Å². The quantitative estimate of drug-likeness (QED) is 0.474. The molecule has 4 heterocycles. The molecule has 1 aliphatic heterocycles. The maximum absolute atomic E-state index is 13.3. The molecular formula is C21H16N4O3S2. The Morgan fingerprint density at radius 3 is 2.60 bits per heavy atom. The summed E-state index contributed by atoms with van der Waals surface area (Å²) in [5.74, 6) is -0.637. The molecule has 1 aromatic carbocycles. The summed E-state index contributed by atoms with van der Waals surface area (Å²) in [6.45, 7) is -0.199. The fourth-order valence-corrected chi connectivity index (χ4v) is 4.98. The minimum absolute atomic E-state index is 0.190. The Bertz CT molecular complexity index is 1240. The van der Waals surface area contributed by atoms with Gasteiger partial charge in [-0.3, -0.25) is 9.32 Å². The van der Waals surface area contributed by atoms with Gasteiger partial charge < -0.3 is 0 Å². The van der Waals surface area contributed by atoms with E-state index in [0.29, 0.717) is 17.8 Å². The lowest BCUT2D eigenvalue weighted by atomic mass is 10.1. The van der Waals surface area contributed by atoms with Gasteiger partial charge in [-0.15, -0.1) is 22.7 Å². The first-order valence-corrected chi connectivity index (χ1v) is 11.1. The number of thiophene rings is 2. The van der Waals surface area contributed by atoms with Gasteiger partial charge in [-0.25, -0.2) is 14.4 Å². The third-order valence-electron chi connectivity index (χ3n) is 4.85.